The predicted molar refractivity (Wildman–Crippen MR) is 77.1 cm³/mol. The summed E-state index contributed by atoms with van der Waals surface area (Å²) in [7, 11) is 0. The van der Waals surface area contributed by atoms with Gasteiger partial charge in [-0.05, 0) is 37.6 Å². The number of nitrogens with two attached hydrogens (primary N) is 1. The molecule has 1 aliphatic rings. The Balaban J connectivity index is 2.01. The first-order valence-electron chi connectivity index (χ1n) is 7.08. The Hall–Kier alpha value is -1.95. The van der Waals surface area contributed by atoms with Crippen molar-refractivity contribution in [3.05, 3.63) is 35.6 Å². The molecule has 1 aliphatic heterocycles. The van der Waals surface area contributed by atoms with Gasteiger partial charge in [-0.3, -0.25) is 9.59 Å². The van der Waals surface area contributed by atoms with Crippen LogP contribution >= 0.6 is 0 Å². The first-order chi connectivity index (χ1) is 9.99. The van der Waals surface area contributed by atoms with Crippen molar-refractivity contribution in [2.75, 3.05) is 26.2 Å². The van der Waals surface area contributed by atoms with Crippen LogP contribution in [0.1, 0.15) is 23.7 Å². The number of hydrogen-bond acceptors (Lipinski definition) is 3. The highest BCUT2D eigenvalue weighted by Gasteiger charge is 2.24. The standard InChI is InChI=1S/C15H20FN3O2/c1-11(17)14(20)18-7-2-8-19(10-9-18)15(21)12-3-5-13(16)6-4-12/h3-6,11H,2,7-10,17H2,1H3/t11-/m1/s1. The fraction of sp³-hybridized carbons (Fsp3) is 0.467. The maximum atomic E-state index is 12.9. The van der Waals surface area contributed by atoms with E-state index in [1.807, 2.05) is 0 Å². The summed E-state index contributed by atoms with van der Waals surface area (Å²) in [6.07, 6.45) is 0.714. The lowest BCUT2D eigenvalue weighted by Crippen LogP contribution is -2.44. The average Bonchev–Trinajstić information content (AvgIpc) is 2.72. The Bertz CT molecular complexity index is 516. The largest absolute Gasteiger partial charge is 0.340 e. The van der Waals surface area contributed by atoms with E-state index in [4.69, 9.17) is 5.73 Å². The minimum atomic E-state index is -0.524. The number of hydrogen-bond donors (Lipinski definition) is 1. The number of benzene rings is 1. The summed E-state index contributed by atoms with van der Waals surface area (Å²) >= 11 is 0. The van der Waals surface area contributed by atoms with Gasteiger partial charge in [-0.15, -0.1) is 0 Å². The van der Waals surface area contributed by atoms with E-state index < -0.39 is 6.04 Å². The van der Waals surface area contributed by atoms with Gasteiger partial charge in [0.05, 0.1) is 6.04 Å². The normalized spacial score (nSPS) is 17.3. The lowest BCUT2D eigenvalue weighted by molar-refractivity contribution is -0.132. The third kappa shape index (κ3) is 3.78. The molecule has 0 bridgehead atoms. The first kappa shape index (κ1) is 15.4. The lowest BCUT2D eigenvalue weighted by atomic mass is 10.2. The minimum absolute atomic E-state index is 0.0916. The maximum absolute atomic E-state index is 12.9. The topological polar surface area (TPSA) is 66.6 Å². The highest BCUT2D eigenvalue weighted by Crippen LogP contribution is 2.11. The van der Waals surface area contributed by atoms with E-state index >= 15 is 0 Å². The van der Waals surface area contributed by atoms with Gasteiger partial charge in [-0.25, -0.2) is 4.39 Å². The fourth-order valence-corrected chi connectivity index (χ4v) is 2.40. The fourth-order valence-electron chi connectivity index (χ4n) is 2.40. The molecule has 1 aromatic carbocycles. The second-order valence-corrected chi connectivity index (χ2v) is 5.27. The molecule has 1 saturated heterocycles. The molecule has 5 nitrogen and oxygen atoms in total. The van der Waals surface area contributed by atoms with Crippen molar-refractivity contribution in [2.24, 2.45) is 5.73 Å². The van der Waals surface area contributed by atoms with Crippen LogP contribution in [0.25, 0.3) is 0 Å². The second-order valence-electron chi connectivity index (χ2n) is 5.27. The first-order valence-corrected chi connectivity index (χ1v) is 7.08. The van der Waals surface area contributed by atoms with Gasteiger partial charge in [-0.1, -0.05) is 0 Å². The van der Waals surface area contributed by atoms with Crippen LogP contribution in [0, 0.1) is 5.82 Å². The molecule has 2 N–H and O–H groups in total. The summed E-state index contributed by atoms with van der Waals surface area (Å²) in [4.78, 5) is 27.6. The molecular formula is C15H20FN3O2. The molecule has 21 heavy (non-hydrogen) atoms. The van der Waals surface area contributed by atoms with Crippen LogP contribution in [0.5, 0.6) is 0 Å². The molecular weight excluding hydrogens is 273 g/mol. The quantitative estimate of drug-likeness (QED) is 0.879. The monoisotopic (exact) mass is 293 g/mol. The van der Waals surface area contributed by atoms with Gasteiger partial charge in [-0.2, -0.15) is 0 Å². The Labute approximate surface area is 123 Å². The molecule has 1 aromatic rings. The molecule has 0 unspecified atom stereocenters. The number of carbonyl (C=O) groups is 2. The molecule has 0 radical (unpaired) electrons. The van der Waals surface area contributed by atoms with Crippen molar-refractivity contribution in [3.8, 4) is 0 Å². The Kier molecular flexibility index (Phi) is 4.90. The molecule has 1 atom stereocenters. The van der Waals surface area contributed by atoms with Crippen LogP contribution in [0.15, 0.2) is 24.3 Å². The van der Waals surface area contributed by atoms with Gasteiger partial charge < -0.3 is 15.5 Å². The summed E-state index contributed by atoms with van der Waals surface area (Å²) in [5, 5.41) is 0. The van der Waals surface area contributed by atoms with Gasteiger partial charge in [0.15, 0.2) is 0 Å². The Morgan fingerprint density at radius 1 is 1.10 bits per heavy atom. The van der Waals surface area contributed by atoms with Crippen molar-refractivity contribution in [1.82, 2.24) is 9.80 Å². The highest BCUT2D eigenvalue weighted by molar-refractivity contribution is 5.94. The van der Waals surface area contributed by atoms with Crippen molar-refractivity contribution in [3.63, 3.8) is 0 Å². The zero-order valence-corrected chi connectivity index (χ0v) is 12.1. The summed E-state index contributed by atoms with van der Waals surface area (Å²) < 4.78 is 12.9. The van der Waals surface area contributed by atoms with Gasteiger partial charge >= 0.3 is 0 Å². The van der Waals surface area contributed by atoms with Crippen molar-refractivity contribution in [1.29, 1.82) is 0 Å². The van der Waals surface area contributed by atoms with E-state index in [0.29, 0.717) is 38.2 Å². The van der Waals surface area contributed by atoms with E-state index in [9.17, 15) is 14.0 Å². The maximum Gasteiger partial charge on any atom is 0.253 e. The second kappa shape index (κ2) is 6.67. The minimum Gasteiger partial charge on any atom is -0.340 e. The molecule has 114 valence electrons. The zero-order valence-electron chi connectivity index (χ0n) is 12.1. The number of rotatable bonds is 2. The molecule has 0 spiro atoms. The van der Waals surface area contributed by atoms with Crippen LogP contribution < -0.4 is 5.73 Å². The highest BCUT2D eigenvalue weighted by atomic mass is 19.1. The van der Waals surface area contributed by atoms with Crippen molar-refractivity contribution < 1.29 is 14.0 Å². The van der Waals surface area contributed by atoms with Crippen LogP contribution in [-0.2, 0) is 4.79 Å². The van der Waals surface area contributed by atoms with Crippen LogP contribution in [0.4, 0.5) is 4.39 Å². The van der Waals surface area contributed by atoms with E-state index in [2.05, 4.69) is 0 Å². The van der Waals surface area contributed by atoms with Crippen molar-refractivity contribution in [2.45, 2.75) is 19.4 Å². The summed E-state index contributed by atoms with van der Waals surface area (Å²) in [5.41, 5.74) is 6.07. The molecule has 0 aromatic heterocycles. The van der Waals surface area contributed by atoms with Gasteiger partial charge in [0.1, 0.15) is 5.82 Å². The Morgan fingerprint density at radius 3 is 2.29 bits per heavy atom. The lowest BCUT2D eigenvalue weighted by Gasteiger charge is -2.23. The molecule has 2 rings (SSSR count). The van der Waals surface area contributed by atoms with Gasteiger partial charge in [0.2, 0.25) is 5.91 Å². The van der Waals surface area contributed by atoms with E-state index in [0.717, 1.165) is 0 Å². The molecule has 0 saturated carbocycles. The summed E-state index contributed by atoms with van der Waals surface area (Å²) in [6.45, 7) is 3.79. The predicted octanol–water partition coefficient (Wildman–Crippen LogP) is 0.847. The molecule has 6 heteroatoms. The smallest absolute Gasteiger partial charge is 0.253 e. The van der Waals surface area contributed by atoms with E-state index in [1.165, 1.54) is 24.3 Å². The van der Waals surface area contributed by atoms with Crippen molar-refractivity contribution >= 4 is 11.8 Å². The van der Waals surface area contributed by atoms with Crippen LogP contribution in [-0.4, -0.2) is 53.8 Å². The average molecular weight is 293 g/mol. The van der Waals surface area contributed by atoms with Gasteiger partial charge in [0.25, 0.3) is 5.91 Å². The van der Waals surface area contributed by atoms with Crippen LogP contribution in [0.3, 0.4) is 0 Å². The SMILES string of the molecule is C[C@@H](N)C(=O)N1CCCN(C(=O)c2ccc(F)cc2)CC1. The Morgan fingerprint density at radius 2 is 1.67 bits per heavy atom. The molecule has 2 amide bonds. The molecule has 1 heterocycles. The third-order valence-electron chi connectivity index (χ3n) is 3.58. The molecule has 0 aliphatic carbocycles. The number of amides is 2. The van der Waals surface area contributed by atoms with E-state index in [1.54, 1.807) is 16.7 Å². The number of nitrogens with zero attached hydrogens (tertiary/aromatic N) is 2. The zero-order chi connectivity index (χ0) is 15.4. The summed E-state index contributed by atoms with van der Waals surface area (Å²) in [5.74, 6) is -0.590. The number of halogens is 1. The van der Waals surface area contributed by atoms with Crippen LogP contribution in [0.2, 0.25) is 0 Å². The summed E-state index contributed by atoms with van der Waals surface area (Å²) in [6, 6.07) is 4.99. The van der Waals surface area contributed by atoms with Gasteiger partial charge in [0, 0.05) is 31.7 Å². The number of carbonyl (C=O) groups excluding carboxylic acids is 2. The third-order valence-corrected chi connectivity index (χ3v) is 3.58. The molecule has 1 fully saturated rings. The van der Waals surface area contributed by atoms with E-state index in [-0.39, 0.29) is 17.6 Å².